The first kappa shape index (κ1) is 19.4. The molecule has 25 heavy (non-hydrogen) atoms. The fourth-order valence-corrected chi connectivity index (χ4v) is 3.24. The van der Waals surface area contributed by atoms with Gasteiger partial charge >= 0.3 is 0 Å². The average Bonchev–Trinajstić information content (AvgIpc) is 2.52. The van der Waals surface area contributed by atoms with Crippen molar-refractivity contribution >= 4 is 23.2 Å². The maximum absolute atomic E-state index is 13.1. The average molecular weight is 363 g/mol. The summed E-state index contributed by atoms with van der Waals surface area (Å²) in [7, 11) is 0. The molecular weight excluding hydrogens is 339 g/mol. The van der Waals surface area contributed by atoms with Crippen LogP contribution >= 0.6 is 11.6 Å². The van der Waals surface area contributed by atoms with E-state index in [0.717, 1.165) is 16.7 Å². The second-order valence-electron chi connectivity index (χ2n) is 6.64. The number of halogens is 2. The topological polar surface area (TPSA) is 41.1 Å². The molecule has 2 rings (SSSR count). The van der Waals surface area contributed by atoms with E-state index < -0.39 is 0 Å². The lowest BCUT2D eigenvalue weighted by Crippen LogP contribution is -2.33. The minimum Gasteiger partial charge on any atom is -0.323 e. The van der Waals surface area contributed by atoms with Crippen LogP contribution in [0.15, 0.2) is 36.4 Å². The van der Waals surface area contributed by atoms with Gasteiger partial charge < -0.3 is 10.6 Å². The molecular formula is C20H24ClFN2O. The van der Waals surface area contributed by atoms with E-state index in [1.165, 1.54) is 12.1 Å². The zero-order valence-electron chi connectivity index (χ0n) is 15.0. The Labute approximate surface area is 153 Å². The summed E-state index contributed by atoms with van der Waals surface area (Å²) < 4.78 is 13.1. The highest BCUT2D eigenvalue weighted by atomic mass is 35.5. The molecule has 0 aliphatic carbocycles. The zero-order chi connectivity index (χ0) is 18.6. The van der Waals surface area contributed by atoms with Gasteiger partial charge in [-0.15, -0.1) is 0 Å². The molecule has 0 radical (unpaired) electrons. The fourth-order valence-electron chi connectivity index (χ4n) is 2.87. The van der Waals surface area contributed by atoms with Crippen molar-refractivity contribution in [2.24, 2.45) is 5.92 Å². The fraction of sp³-hybridized carbons (Fsp3) is 0.350. The van der Waals surface area contributed by atoms with Crippen molar-refractivity contribution in [1.29, 1.82) is 0 Å². The number of hydrogen-bond acceptors (Lipinski definition) is 2. The van der Waals surface area contributed by atoms with Gasteiger partial charge in [0.2, 0.25) is 5.91 Å². The number of rotatable bonds is 6. The van der Waals surface area contributed by atoms with Gasteiger partial charge in [0, 0.05) is 6.04 Å². The molecule has 1 atom stereocenters. The van der Waals surface area contributed by atoms with Crippen LogP contribution in [0.1, 0.15) is 36.6 Å². The van der Waals surface area contributed by atoms with Crippen LogP contribution in [-0.2, 0) is 4.79 Å². The number of carbonyl (C=O) groups is 1. The van der Waals surface area contributed by atoms with Crippen molar-refractivity contribution in [1.82, 2.24) is 5.32 Å². The molecule has 2 aromatic rings. The van der Waals surface area contributed by atoms with Crippen LogP contribution in [0.25, 0.3) is 0 Å². The molecule has 3 nitrogen and oxygen atoms in total. The summed E-state index contributed by atoms with van der Waals surface area (Å²) >= 11 is 6.23. The van der Waals surface area contributed by atoms with Crippen LogP contribution in [0.5, 0.6) is 0 Å². The van der Waals surface area contributed by atoms with Crippen molar-refractivity contribution in [2.75, 3.05) is 11.9 Å². The third-order valence-corrected chi connectivity index (χ3v) is 4.37. The number of carbonyl (C=O) groups excluding carboxylic acids is 1. The van der Waals surface area contributed by atoms with Crippen LogP contribution in [-0.4, -0.2) is 12.5 Å². The Balaban J connectivity index is 2.03. The highest BCUT2D eigenvalue weighted by Crippen LogP contribution is 2.27. The molecule has 0 spiro atoms. The van der Waals surface area contributed by atoms with Gasteiger partial charge in [-0.05, 0) is 54.7 Å². The summed E-state index contributed by atoms with van der Waals surface area (Å²) in [5.41, 5.74) is 3.57. The van der Waals surface area contributed by atoms with Gasteiger partial charge in [-0.25, -0.2) is 4.39 Å². The highest BCUT2D eigenvalue weighted by Gasteiger charge is 2.17. The van der Waals surface area contributed by atoms with Crippen molar-refractivity contribution in [2.45, 2.75) is 33.7 Å². The molecule has 0 saturated heterocycles. The molecule has 0 aromatic heterocycles. The molecule has 2 N–H and O–H groups in total. The Hall–Kier alpha value is -1.91. The second kappa shape index (κ2) is 8.45. The van der Waals surface area contributed by atoms with E-state index in [9.17, 15) is 9.18 Å². The SMILES string of the molecule is Cc1cc(C)c(NC(=O)CN[C@H](c2ccc(F)cc2)C(C)C)c(Cl)c1. The molecule has 0 bridgehead atoms. The number of hydrogen-bond donors (Lipinski definition) is 2. The lowest BCUT2D eigenvalue weighted by Gasteiger charge is -2.23. The summed E-state index contributed by atoms with van der Waals surface area (Å²) in [4.78, 5) is 12.3. The number of aryl methyl sites for hydroxylation is 2. The Kier molecular flexibility index (Phi) is 6.57. The van der Waals surface area contributed by atoms with Crippen LogP contribution in [0.3, 0.4) is 0 Å². The van der Waals surface area contributed by atoms with Gasteiger partial charge in [0.15, 0.2) is 0 Å². The third kappa shape index (κ3) is 5.28. The van der Waals surface area contributed by atoms with Crippen molar-refractivity contribution in [3.63, 3.8) is 0 Å². The minimum absolute atomic E-state index is 0.0408. The summed E-state index contributed by atoms with van der Waals surface area (Å²) in [5, 5.41) is 6.65. The summed E-state index contributed by atoms with van der Waals surface area (Å²) in [5.74, 6) is -0.182. The van der Waals surface area contributed by atoms with Crippen LogP contribution < -0.4 is 10.6 Å². The van der Waals surface area contributed by atoms with Crippen LogP contribution in [0, 0.1) is 25.6 Å². The van der Waals surface area contributed by atoms with Crippen LogP contribution in [0.2, 0.25) is 5.02 Å². The Morgan fingerprint density at radius 3 is 2.36 bits per heavy atom. The predicted molar refractivity (Wildman–Crippen MR) is 102 cm³/mol. The molecule has 5 heteroatoms. The molecule has 0 unspecified atom stereocenters. The standard InChI is InChI=1S/C20H24ClFN2O/c1-12(2)19(15-5-7-16(22)8-6-15)23-11-18(25)24-20-14(4)9-13(3)10-17(20)21/h5-10,12,19,23H,11H2,1-4H3,(H,24,25)/t19-/m0/s1. The van der Waals surface area contributed by atoms with E-state index in [0.29, 0.717) is 10.7 Å². The normalized spacial score (nSPS) is 12.3. The number of amides is 1. The van der Waals surface area contributed by atoms with E-state index in [-0.39, 0.29) is 30.2 Å². The van der Waals surface area contributed by atoms with Crippen molar-refractivity contribution in [3.8, 4) is 0 Å². The lowest BCUT2D eigenvalue weighted by molar-refractivity contribution is -0.115. The van der Waals surface area contributed by atoms with E-state index in [1.54, 1.807) is 12.1 Å². The van der Waals surface area contributed by atoms with Crippen molar-refractivity contribution < 1.29 is 9.18 Å². The van der Waals surface area contributed by atoms with Gasteiger partial charge in [-0.3, -0.25) is 4.79 Å². The van der Waals surface area contributed by atoms with Gasteiger partial charge in [0.05, 0.1) is 17.3 Å². The number of anilines is 1. The zero-order valence-corrected chi connectivity index (χ0v) is 15.7. The summed E-state index contributed by atoms with van der Waals surface area (Å²) in [6.07, 6.45) is 0. The highest BCUT2D eigenvalue weighted by molar-refractivity contribution is 6.34. The Bertz CT molecular complexity index is 721. The molecule has 134 valence electrons. The van der Waals surface area contributed by atoms with Gasteiger partial charge in [0.25, 0.3) is 0 Å². The first-order valence-corrected chi connectivity index (χ1v) is 8.71. The molecule has 2 aromatic carbocycles. The first-order valence-electron chi connectivity index (χ1n) is 8.33. The maximum atomic E-state index is 13.1. The van der Waals surface area contributed by atoms with Gasteiger partial charge in [-0.2, -0.15) is 0 Å². The molecule has 0 fully saturated rings. The first-order chi connectivity index (χ1) is 11.8. The van der Waals surface area contributed by atoms with E-state index in [2.05, 4.69) is 24.5 Å². The number of benzene rings is 2. The second-order valence-corrected chi connectivity index (χ2v) is 7.05. The summed E-state index contributed by atoms with van der Waals surface area (Å²) in [6, 6.07) is 10.1. The minimum atomic E-state index is -0.270. The Morgan fingerprint density at radius 2 is 1.80 bits per heavy atom. The quantitative estimate of drug-likeness (QED) is 0.757. The monoisotopic (exact) mass is 362 g/mol. The van der Waals surface area contributed by atoms with Gasteiger partial charge in [0.1, 0.15) is 5.82 Å². The molecule has 0 heterocycles. The smallest absolute Gasteiger partial charge is 0.238 e. The van der Waals surface area contributed by atoms with E-state index in [1.807, 2.05) is 26.0 Å². The Morgan fingerprint density at radius 1 is 1.16 bits per heavy atom. The molecule has 0 aliphatic heterocycles. The summed E-state index contributed by atoms with van der Waals surface area (Å²) in [6.45, 7) is 8.13. The third-order valence-electron chi connectivity index (χ3n) is 4.07. The molecule has 0 saturated carbocycles. The lowest BCUT2D eigenvalue weighted by atomic mass is 9.96. The molecule has 0 aliphatic rings. The van der Waals surface area contributed by atoms with E-state index >= 15 is 0 Å². The largest absolute Gasteiger partial charge is 0.323 e. The van der Waals surface area contributed by atoms with Crippen molar-refractivity contribution in [3.05, 3.63) is 63.9 Å². The number of nitrogens with one attached hydrogen (secondary N) is 2. The molecule has 1 amide bonds. The van der Waals surface area contributed by atoms with Crippen LogP contribution in [0.4, 0.5) is 10.1 Å². The van der Waals surface area contributed by atoms with Gasteiger partial charge in [-0.1, -0.05) is 43.6 Å². The predicted octanol–water partition coefficient (Wildman–Crippen LogP) is 5.02. The van der Waals surface area contributed by atoms with E-state index in [4.69, 9.17) is 11.6 Å². The maximum Gasteiger partial charge on any atom is 0.238 e.